The van der Waals surface area contributed by atoms with E-state index >= 15 is 0 Å². The van der Waals surface area contributed by atoms with Crippen LogP contribution in [-0.2, 0) is 16.1 Å². The molecular formula is C26H23N3O5. The quantitative estimate of drug-likeness (QED) is 0.525. The molecule has 172 valence electrons. The minimum Gasteiger partial charge on any atom is -0.495 e. The van der Waals surface area contributed by atoms with Gasteiger partial charge in [0.15, 0.2) is 0 Å². The van der Waals surface area contributed by atoms with E-state index in [1.165, 1.54) is 12.0 Å². The first-order chi connectivity index (χ1) is 16.4. The molecule has 4 rings (SSSR count). The second-order valence-electron chi connectivity index (χ2n) is 7.76. The Morgan fingerprint density at radius 1 is 0.794 bits per heavy atom. The number of benzene rings is 3. The Morgan fingerprint density at radius 3 is 1.97 bits per heavy atom. The molecular weight excluding hydrogens is 434 g/mol. The van der Waals surface area contributed by atoms with Crippen molar-refractivity contribution in [1.82, 2.24) is 4.90 Å². The van der Waals surface area contributed by atoms with Gasteiger partial charge in [0.1, 0.15) is 5.75 Å². The van der Waals surface area contributed by atoms with Gasteiger partial charge in [-0.1, -0.05) is 24.3 Å². The summed E-state index contributed by atoms with van der Waals surface area (Å²) in [5.74, 6) is -0.401. The van der Waals surface area contributed by atoms with Gasteiger partial charge in [-0.05, 0) is 54.1 Å². The van der Waals surface area contributed by atoms with Gasteiger partial charge >= 0.3 is 0 Å². The lowest BCUT2D eigenvalue weighted by atomic mass is 10.1. The van der Waals surface area contributed by atoms with Crippen LogP contribution >= 0.6 is 0 Å². The van der Waals surface area contributed by atoms with E-state index in [4.69, 9.17) is 4.74 Å². The zero-order valence-corrected chi connectivity index (χ0v) is 18.5. The summed E-state index contributed by atoms with van der Waals surface area (Å²) in [5.41, 5.74) is 2.73. The molecule has 1 fully saturated rings. The Hall–Kier alpha value is -4.46. The lowest BCUT2D eigenvalue weighted by Crippen LogP contribution is -2.28. The predicted octanol–water partition coefficient (Wildman–Crippen LogP) is 3.85. The molecule has 8 nitrogen and oxygen atoms in total. The fourth-order valence-corrected chi connectivity index (χ4v) is 3.59. The molecule has 2 N–H and O–H groups in total. The first kappa shape index (κ1) is 22.7. The van der Waals surface area contributed by atoms with Crippen LogP contribution < -0.4 is 15.4 Å². The number of hydrogen-bond donors (Lipinski definition) is 2. The molecule has 34 heavy (non-hydrogen) atoms. The Bertz CT molecular complexity index is 1220. The van der Waals surface area contributed by atoms with E-state index < -0.39 is 0 Å². The normalized spacial score (nSPS) is 13.0. The minimum atomic E-state index is -0.314. The fourth-order valence-electron chi connectivity index (χ4n) is 3.59. The molecule has 0 radical (unpaired) electrons. The molecule has 0 bridgehead atoms. The number of rotatable bonds is 7. The van der Waals surface area contributed by atoms with Gasteiger partial charge in [-0.2, -0.15) is 0 Å². The van der Waals surface area contributed by atoms with Crippen LogP contribution in [0.15, 0.2) is 72.8 Å². The summed E-state index contributed by atoms with van der Waals surface area (Å²) in [6, 6.07) is 20.4. The second kappa shape index (κ2) is 9.99. The Balaban J connectivity index is 1.35. The van der Waals surface area contributed by atoms with Gasteiger partial charge in [0, 0.05) is 29.7 Å². The molecule has 4 amide bonds. The van der Waals surface area contributed by atoms with E-state index in [0.29, 0.717) is 28.3 Å². The van der Waals surface area contributed by atoms with Crippen molar-refractivity contribution in [2.45, 2.75) is 19.4 Å². The summed E-state index contributed by atoms with van der Waals surface area (Å²) >= 11 is 0. The Labute approximate surface area is 196 Å². The maximum absolute atomic E-state index is 12.6. The summed E-state index contributed by atoms with van der Waals surface area (Å²) in [5, 5.41) is 5.59. The summed E-state index contributed by atoms with van der Waals surface area (Å²) in [6.07, 6.45) is 0.500. The molecule has 0 aromatic heterocycles. The number of hydrogen-bond acceptors (Lipinski definition) is 5. The molecule has 0 aliphatic carbocycles. The lowest BCUT2D eigenvalue weighted by molar-refractivity contribution is -0.139. The van der Waals surface area contributed by atoms with Crippen molar-refractivity contribution in [3.63, 3.8) is 0 Å². The van der Waals surface area contributed by atoms with E-state index in [1.807, 2.05) is 6.07 Å². The molecule has 0 atom stereocenters. The van der Waals surface area contributed by atoms with Crippen molar-refractivity contribution in [3.05, 3.63) is 89.5 Å². The second-order valence-corrected chi connectivity index (χ2v) is 7.76. The average molecular weight is 457 g/mol. The van der Waals surface area contributed by atoms with Crippen LogP contribution in [-0.4, -0.2) is 35.6 Å². The zero-order valence-electron chi connectivity index (χ0n) is 18.5. The first-order valence-electron chi connectivity index (χ1n) is 10.7. The number of anilines is 2. The van der Waals surface area contributed by atoms with Crippen molar-refractivity contribution in [3.8, 4) is 5.75 Å². The van der Waals surface area contributed by atoms with Gasteiger partial charge < -0.3 is 15.4 Å². The van der Waals surface area contributed by atoms with Crippen LogP contribution in [0.3, 0.4) is 0 Å². The zero-order chi connectivity index (χ0) is 24.1. The standard InChI is InChI=1S/C26H23N3O5/c1-34-22-5-3-2-4-21(22)28-26(33)19-10-12-20(13-11-19)27-25(32)18-8-6-17(7-9-18)16-29-23(30)14-15-24(29)31/h2-13H,14-16H2,1H3,(H,27,32)(H,28,33). The van der Waals surface area contributed by atoms with Crippen molar-refractivity contribution in [2.24, 2.45) is 0 Å². The molecule has 3 aromatic carbocycles. The maximum atomic E-state index is 12.6. The van der Waals surface area contributed by atoms with Crippen molar-refractivity contribution < 1.29 is 23.9 Å². The van der Waals surface area contributed by atoms with Crippen LogP contribution in [0.4, 0.5) is 11.4 Å². The Morgan fingerprint density at radius 2 is 1.35 bits per heavy atom. The van der Waals surface area contributed by atoms with Crippen LogP contribution in [0, 0.1) is 0 Å². The highest BCUT2D eigenvalue weighted by molar-refractivity contribution is 6.07. The SMILES string of the molecule is COc1ccccc1NC(=O)c1ccc(NC(=O)c2ccc(CN3C(=O)CCC3=O)cc2)cc1. The van der Waals surface area contributed by atoms with Gasteiger partial charge in [-0.25, -0.2) is 0 Å². The molecule has 1 aliphatic rings. The molecule has 0 unspecified atom stereocenters. The van der Waals surface area contributed by atoms with Gasteiger partial charge in [-0.3, -0.25) is 24.1 Å². The topological polar surface area (TPSA) is 105 Å². The van der Waals surface area contributed by atoms with Crippen molar-refractivity contribution >= 4 is 35.0 Å². The van der Waals surface area contributed by atoms with Crippen LogP contribution in [0.25, 0.3) is 0 Å². The third-order valence-corrected chi connectivity index (χ3v) is 5.47. The Kier molecular flexibility index (Phi) is 6.68. The molecule has 1 aliphatic heterocycles. The van der Waals surface area contributed by atoms with Crippen LogP contribution in [0.1, 0.15) is 39.1 Å². The number of methoxy groups -OCH3 is 1. The molecule has 1 heterocycles. The van der Waals surface area contributed by atoms with Gasteiger partial charge in [0.05, 0.1) is 19.3 Å². The monoisotopic (exact) mass is 457 g/mol. The lowest BCUT2D eigenvalue weighted by Gasteiger charge is -2.14. The third-order valence-electron chi connectivity index (χ3n) is 5.47. The van der Waals surface area contributed by atoms with Gasteiger partial charge in [-0.15, -0.1) is 0 Å². The summed E-state index contributed by atoms with van der Waals surface area (Å²) in [6.45, 7) is 0.206. The number of imide groups is 1. The van der Waals surface area contributed by atoms with E-state index in [-0.39, 0.29) is 43.0 Å². The van der Waals surface area contributed by atoms with E-state index in [2.05, 4.69) is 10.6 Å². The fraction of sp³-hybridized carbons (Fsp3) is 0.154. The minimum absolute atomic E-state index is 0.174. The highest BCUT2D eigenvalue weighted by Crippen LogP contribution is 2.24. The van der Waals surface area contributed by atoms with Gasteiger partial charge in [0.2, 0.25) is 11.8 Å². The summed E-state index contributed by atoms with van der Waals surface area (Å²) < 4.78 is 5.24. The van der Waals surface area contributed by atoms with E-state index in [9.17, 15) is 19.2 Å². The van der Waals surface area contributed by atoms with Crippen molar-refractivity contribution in [2.75, 3.05) is 17.7 Å². The third kappa shape index (κ3) is 5.12. The summed E-state index contributed by atoms with van der Waals surface area (Å²) in [4.78, 5) is 49.9. The number of ether oxygens (including phenoxy) is 1. The summed E-state index contributed by atoms with van der Waals surface area (Å²) in [7, 11) is 1.53. The highest BCUT2D eigenvalue weighted by Gasteiger charge is 2.28. The molecule has 0 spiro atoms. The highest BCUT2D eigenvalue weighted by atomic mass is 16.5. The van der Waals surface area contributed by atoms with E-state index in [1.54, 1.807) is 66.7 Å². The maximum Gasteiger partial charge on any atom is 0.255 e. The molecule has 8 heteroatoms. The number of nitrogens with one attached hydrogen (secondary N) is 2. The largest absolute Gasteiger partial charge is 0.495 e. The van der Waals surface area contributed by atoms with Gasteiger partial charge in [0.25, 0.3) is 11.8 Å². The predicted molar refractivity (Wildman–Crippen MR) is 127 cm³/mol. The smallest absolute Gasteiger partial charge is 0.255 e. The number of para-hydroxylation sites is 2. The molecule has 1 saturated heterocycles. The number of nitrogens with zero attached hydrogens (tertiary/aromatic N) is 1. The van der Waals surface area contributed by atoms with Crippen molar-refractivity contribution in [1.29, 1.82) is 0 Å². The first-order valence-corrected chi connectivity index (χ1v) is 10.7. The number of carbonyl (C=O) groups excluding carboxylic acids is 4. The van der Waals surface area contributed by atoms with Crippen LogP contribution in [0.2, 0.25) is 0 Å². The average Bonchev–Trinajstić information content (AvgIpc) is 3.17. The van der Waals surface area contributed by atoms with E-state index in [0.717, 1.165) is 5.56 Å². The number of carbonyl (C=O) groups is 4. The molecule has 0 saturated carbocycles. The number of likely N-dealkylation sites (tertiary alicyclic amines) is 1. The number of amides is 4. The van der Waals surface area contributed by atoms with Crippen LogP contribution in [0.5, 0.6) is 5.75 Å². The molecule has 3 aromatic rings.